The molecule has 5 heterocycles. The Kier molecular flexibility index (Phi) is 10.8. The second kappa shape index (κ2) is 15.7. The monoisotopic (exact) mass is 782 g/mol. The number of nitrogens with one attached hydrogen (secondary N) is 3. The number of unbranched alkanes of at least 4 members (excludes halogenated alkanes) is 2. The molecule has 1 saturated heterocycles. The number of fused-ring (bicyclic) bond motifs is 4. The largest absolute Gasteiger partial charge is 0.356 e. The van der Waals surface area contributed by atoms with Gasteiger partial charge < -0.3 is 10.6 Å². The third kappa shape index (κ3) is 7.45. The molecule has 2 aromatic carbocycles. The Balaban J connectivity index is 0.906. The van der Waals surface area contributed by atoms with Gasteiger partial charge in [0.2, 0.25) is 23.6 Å². The van der Waals surface area contributed by atoms with Crippen molar-refractivity contribution in [2.24, 2.45) is 4.99 Å². The third-order valence-corrected chi connectivity index (χ3v) is 11.6. The highest BCUT2D eigenvalue weighted by atomic mass is 35.5. The molecular weight excluding hydrogens is 744 g/mol. The smallest absolute Gasteiger partial charge is 0.262 e. The normalized spacial score (nSPS) is 17.6. The SMILES string of the molecule is Cc1sc2c(c1C)C(c1ccc(Cl)cc1)=NC(CC(=O)NCCCCCC(=O)NCc1cccc3c1C(=O)N(C1CCC(=O)NC1=O)C3=O)c1nnc(C)n1-2. The van der Waals surface area contributed by atoms with Gasteiger partial charge in [-0.05, 0) is 69.4 Å². The summed E-state index contributed by atoms with van der Waals surface area (Å²) in [7, 11) is 0. The molecule has 0 radical (unpaired) electrons. The summed E-state index contributed by atoms with van der Waals surface area (Å²) in [5.41, 5.74) is 4.56. The van der Waals surface area contributed by atoms with E-state index < -0.39 is 35.7 Å². The topological polar surface area (TPSA) is 185 Å². The number of amides is 6. The van der Waals surface area contributed by atoms with Crippen LogP contribution in [0.4, 0.5) is 0 Å². The van der Waals surface area contributed by atoms with Crippen LogP contribution < -0.4 is 16.0 Å². The van der Waals surface area contributed by atoms with Crippen molar-refractivity contribution in [1.29, 1.82) is 0 Å². The number of thiophene rings is 1. The van der Waals surface area contributed by atoms with E-state index in [1.54, 1.807) is 23.5 Å². The molecule has 6 amide bonds. The Morgan fingerprint density at radius 3 is 2.47 bits per heavy atom. The zero-order valence-corrected chi connectivity index (χ0v) is 32.1. The first-order valence-corrected chi connectivity index (χ1v) is 19.4. The summed E-state index contributed by atoms with van der Waals surface area (Å²) in [6.07, 6.45) is 2.34. The summed E-state index contributed by atoms with van der Waals surface area (Å²) in [6, 6.07) is 10.7. The zero-order chi connectivity index (χ0) is 39.0. The molecule has 3 aliphatic rings. The number of hydrogen-bond donors (Lipinski definition) is 3. The molecule has 284 valence electrons. The molecule has 14 nitrogen and oxygen atoms in total. The Morgan fingerprint density at radius 1 is 0.927 bits per heavy atom. The van der Waals surface area contributed by atoms with Gasteiger partial charge in [0.1, 0.15) is 22.9 Å². The molecule has 2 aromatic heterocycles. The Labute approximate surface area is 325 Å². The van der Waals surface area contributed by atoms with Gasteiger partial charge in [-0.1, -0.05) is 42.3 Å². The average molecular weight is 783 g/mol. The highest BCUT2D eigenvalue weighted by Crippen LogP contribution is 2.39. The van der Waals surface area contributed by atoms with Crippen molar-refractivity contribution >= 4 is 64.1 Å². The van der Waals surface area contributed by atoms with Gasteiger partial charge in [0.15, 0.2) is 5.82 Å². The summed E-state index contributed by atoms with van der Waals surface area (Å²) < 4.78 is 2.01. The van der Waals surface area contributed by atoms with Crippen molar-refractivity contribution in [3.63, 3.8) is 0 Å². The van der Waals surface area contributed by atoms with Gasteiger partial charge in [0.05, 0.1) is 23.3 Å². The van der Waals surface area contributed by atoms with Crippen LogP contribution in [0, 0.1) is 20.8 Å². The molecule has 16 heteroatoms. The summed E-state index contributed by atoms with van der Waals surface area (Å²) in [5, 5.41) is 18.4. The summed E-state index contributed by atoms with van der Waals surface area (Å²) in [4.78, 5) is 83.6. The van der Waals surface area contributed by atoms with Crippen molar-refractivity contribution < 1.29 is 28.8 Å². The number of carbonyl (C=O) groups is 6. The average Bonchev–Trinajstić information content (AvgIpc) is 3.73. The van der Waals surface area contributed by atoms with Crippen LogP contribution in [0.15, 0.2) is 47.5 Å². The first-order chi connectivity index (χ1) is 26.4. The first kappa shape index (κ1) is 37.8. The predicted octanol–water partition coefficient (Wildman–Crippen LogP) is 4.58. The minimum atomic E-state index is -1.06. The molecule has 0 bridgehead atoms. The van der Waals surface area contributed by atoms with E-state index in [2.05, 4.69) is 40.0 Å². The molecule has 0 aliphatic carbocycles. The highest BCUT2D eigenvalue weighted by molar-refractivity contribution is 7.15. The Bertz CT molecular complexity index is 2280. The van der Waals surface area contributed by atoms with Crippen LogP contribution in [0.1, 0.15) is 110 Å². The maximum Gasteiger partial charge on any atom is 0.262 e. The number of carbonyl (C=O) groups excluding carboxylic acids is 6. The number of imide groups is 2. The zero-order valence-electron chi connectivity index (χ0n) is 30.5. The van der Waals surface area contributed by atoms with Crippen molar-refractivity contribution in [2.45, 2.75) is 84.3 Å². The minimum absolute atomic E-state index is 0.0300. The minimum Gasteiger partial charge on any atom is -0.356 e. The van der Waals surface area contributed by atoms with E-state index in [1.165, 1.54) is 6.07 Å². The fourth-order valence-electron chi connectivity index (χ4n) is 7.21. The molecule has 55 heavy (non-hydrogen) atoms. The molecule has 2 atom stereocenters. The van der Waals surface area contributed by atoms with Gasteiger partial charge in [-0.3, -0.25) is 48.5 Å². The molecule has 7 rings (SSSR count). The van der Waals surface area contributed by atoms with Gasteiger partial charge in [-0.15, -0.1) is 21.5 Å². The maximum absolute atomic E-state index is 13.3. The van der Waals surface area contributed by atoms with Crippen LogP contribution in [-0.4, -0.2) is 73.4 Å². The van der Waals surface area contributed by atoms with Crippen molar-refractivity contribution in [2.75, 3.05) is 6.54 Å². The fraction of sp³-hybridized carbons (Fsp3) is 0.359. The molecular formula is C39H39ClN8O6S. The number of aromatic nitrogens is 3. The standard InChI is InChI=1S/C39H39ClN8O6S/c1-20-21(2)55-39-32(20)34(23-11-13-25(40)14-12-23)43-27(35-46-45-22(3)47(35)39)18-31(51)41-17-6-4-5-10-29(49)42-19-24-8-7-9-26-33(24)38(54)48(37(26)53)28-15-16-30(50)44-36(28)52/h7-9,11-14,27-28H,4-6,10,15-19H2,1-3H3,(H,41,51)(H,42,49)(H,44,50,52). The molecule has 0 saturated carbocycles. The number of aryl methyl sites for hydroxylation is 2. The number of aliphatic imine (C=N–C) groups is 1. The van der Waals surface area contributed by atoms with Crippen LogP contribution >= 0.6 is 22.9 Å². The molecule has 3 N–H and O–H groups in total. The quantitative estimate of drug-likeness (QED) is 0.138. The van der Waals surface area contributed by atoms with Crippen LogP contribution in [0.3, 0.4) is 0 Å². The van der Waals surface area contributed by atoms with Gasteiger partial charge in [-0.2, -0.15) is 0 Å². The summed E-state index contributed by atoms with van der Waals surface area (Å²) in [5.74, 6) is -1.41. The van der Waals surface area contributed by atoms with Crippen molar-refractivity contribution in [3.05, 3.63) is 97.4 Å². The molecule has 4 aromatic rings. The first-order valence-electron chi connectivity index (χ1n) is 18.2. The fourth-order valence-corrected chi connectivity index (χ4v) is 8.55. The second-order valence-corrected chi connectivity index (χ2v) is 15.5. The van der Waals surface area contributed by atoms with Crippen LogP contribution in [-0.2, 0) is 25.7 Å². The Morgan fingerprint density at radius 2 is 1.71 bits per heavy atom. The van der Waals surface area contributed by atoms with Crippen LogP contribution in [0.5, 0.6) is 0 Å². The lowest BCUT2D eigenvalue weighted by atomic mass is 9.99. The van der Waals surface area contributed by atoms with Gasteiger partial charge in [-0.25, -0.2) is 0 Å². The summed E-state index contributed by atoms with van der Waals surface area (Å²) in [6.45, 7) is 6.50. The van der Waals surface area contributed by atoms with Crippen LogP contribution in [0.25, 0.3) is 5.00 Å². The lowest BCUT2D eigenvalue weighted by Crippen LogP contribution is -2.54. The number of benzene rings is 2. The van der Waals surface area contributed by atoms with Crippen molar-refractivity contribution in [3.8, 4) is 5.00 Å². The molecule has 1 fully saturated rings. The lowest BCUT2D eigenvalue weighted by Gasteiger charge is -2.27. The molecule has 2 unspecified atom stereocenters. The summed E-state index contributed by atoms with van der Waals surface area (Å²) >= 11 is 7.86. The Hall–Kier alpha value is -5.54. The van der Waals surface area contributed by atoms with Gasteiger partial charge in [0, 0.05) is 47.0 Å². The van der Waals surface area contributed by atoms with E-state index in [0.29, 0.717) is 48.0 Å². The van der Waals surface area contributed by atoms with Gasteiger partial charge in [0.25, 0.3) is 11.8 Å². The van der Waals surface area contributed by atoms with E-state index in [9.17, 15) is 28.8 Å². The van der Waals surface area contributed by atoms with E-state index in [0.717, 1.165) is 37.2 Å². The number of nitrogens with zero attached hydrogens (tertiary/aromatic N) is 5. The van der Waals surface area contributed by atoms with Gasteiger partial charge >= 0.3 is 0 Å². The number of piperidine rings is 1. The third-order valence-electron chi connectivity index (χ3n) is 10.2. The van der Waals surface area contributed by atoms with E-state index in [-0.39, 0.29) is 55.2 Å². The lowest BCUT2D eigenvalue weighted by molar-refractivity contribution is -0.136. The number of halogens is 1. The molecule has 0 spiro atoms. The highest BCUT2D eigenvalue weighted by Gasteiger charge is 2.45. The predicted molar refractivity (Wildman–Crippen MR) is 204 cm³/mol. The number of hydrogen-bond acceptors (Lipinski definition) is 10. The second-order valence-electron chi connectivity index (χ2n) is 13.8. The number of rotatable bonds is 12. The van der Waals surface area contributed by atoms with E-state index in [4.69, 9.17) is 16.6 Å². The van der Waals surface area contributed by atoms with E-state index in [1.807, 2.05) is 35.8 Å². The maximum atomic E-state index is 13.3. The molecule has 3 aliphatic heterocycles. The van der Waals surface area contributed by atoms with E-state index >= 15 is 0 Å². The van der Waals surface area contributed by atoms with Crippen LogP contribution in [0.2, 0.25) is 5.02 Å². The van der Waals surface area contributed by atoms with Crippen molar-refractivity contribution in [1.82, 2.24) is 35.6 Å².